The van der Waals surface area contributed by atoms with Crippen LogP contribution in [0.15, 0.2) is 12.7 Å². The topological polar surface area (TPSA) is 17.1 Å². The predicted molar refractivity (Wildman–Crippen MR) is 16.6 cm³/mol. The molecule has 0 spiro atoms. The van der Waals surface area contributed by atoms with Gasteiger partial charge >= 0.3 is 23.2 Å². The van der Waals surface area contributed by atoms with Crippen LogP contribution in [0.4, 0.5) is 0 Å². The minimum absolute atomic E-state index is 0.700. The van der Waals surface area contributed by atoms with E-state index in [4.69, 9.17) is 3.40 Å². The van der Waals surface area contributed by atoms with Crippen LogP contribution < -0.4 is 0 Å². The first-order valence-electron chi connectivity index (χ1n) is 1.15. The standard InChI is InChI=1S/C3H6.Mo.O/c1-3-2;;/h3H,1H2,2H3;;. The van der Waals surface area contributed by atoms with E-state index in [2.05, 4.69) is 6.58 Å². The van der Waals surface area contributed by atoms with E-state index in [9.17, 15) is 0 Å². The molecular weight excluding hydrogens is 148 g/mol. The summed E-state index contributed by atoms with van der Waals surface area (Å²) in [7, 11) is 0. The van der Waals surface area contributed by atoms with Crippen molar-refractivity contribution in [1.82, 2.24) is 0 Å². The van der Waals surface area contributed by atoms with E-state index in [0.29, 0.717) is 19.8 Å². The molecule has 0 bridgehead atoms. The van der Waals surface area contributed by atoms with Crippen LogP contribution in [0.3, 0.4) is 0 Å². The van der Waals surface area contributed by atoms with Crippen molar-refractivity contribution in [2.45, 2.75) is 6.92 Å². The van der Waals surface area contributed by atoms with Crippen LogP contribution >= 0.6 is 0 Å². The summed E-state index contributed by atoms with van der Waals surface area (Å²) >= 11 is 0.700. The summed E-state index contributed by atoms with van der Waals surface area (Å²) in [4.78, 5) is 0. The molecule has 0 aromatic carbocycles. The second kappa shape index (κ2) is 29.2. The molecule has 0 saturated carbocycles. The van der Waals surface area contributed by atoms with Gasteiger partial charge in [-0.05, 0) is 6.92 Å². The summed E-state index contributed by atoms with van der Waals surface area (Å²) < 4.78 is 8.26. The minimum atomic E-state index is 0.700. The molecule has 1 nitrogen and oxygen atoms in total. The van der Waals surface area contributed by atoms with Crippen LogP contribution in [0.1, 0.15) is 6.92 Å². The first-order chi connectivity index (χ1) is 2.41. The number of rotatable bonds is 0. The van der Waals surface area contributed by atoms with Gasteiger partial charge in [0.15, 0.2) is 0 Å². The molecule has 0 N–H and O–H groups in total. The summed E-state index contributed by atoms with van der Waals surface area (Å²) in [5.74, 6) is 0. The fraction of sp³-hybridized carbons (Fsp3) is 0.333. The fourth-order valence-corrected chi connectivity index (χ4v) is 0. The summed E-state index contributed by atoms with van der Waals surface area (Å²) in [6, 6.07) is 0. The molecule has 0 atom stereocenters. The Bertz CT molecular complexity index is 20.9. The zero-order valence-electron chi connectivity index (χ0n) is 3.10. The Balaban J connectivity index is 0. The van der Waals surface area contributed by atoms with Crippen molar-refractivity contribution in [3.05, 3.63) is 12.7 Å². The maximum atomic E-state index is 8.26. The summed E-state index contributed by atoms with van der Waals surface area (Å²) in [6.07, 6.45) is 1.75. The van der Waals surface area contributed by atoms with Gasteiger partial charge in [0.05, 0.1) is 0 Å². The molecule has 0 saturated heterocycles. The van der Waals surface area contributed by atoms with Crippen LogP contribution in [-0.2, 0) is 23.2 Å². The predicted octanol–water partition coefficient (Wildman–Crippen LogP) is 1.07. The van der Waals surface area contributed by atoms with Crippen LogP contribution in [0.5, 0.6) is 0 Å². The molecular formula is C3H6MoO. The second-order valence-corrected chi connectivity index (χ2v) is 0.408. The van der Waals surface area contributed by atoms with Gasteiger partial charge in [-0.15, -0.1) is 6.58 Å². The molecule has 0 aliphatic heterocycles. The first kappa shape index (κ1) is 8.97. The Morgan fingerprint density at radius 3 is 1.80 bits per heavy atom. The third kappa shape index (κ3) is 403. The van der Waals surface area contributed by atoms with Crippen LogP contribution in [0.25, 0.3) is 0 Å². The quantitative estimate of drug-likeness (QED) is 0.376. The van der Waals surface area contributed by atoms with E-state index < -0.39 is 0 Å². The van der Waals surface area contributed by atoms with Crippen LogP contribution in [0, 0.1) is 0 Å². The van der Waals surface area contributed by atoms with Gasteiger partial charge in [0.25, 0.3) is 0 Å². The summed E-state index contributed by atoms with van der Waals surface area (Å²) in [5, 5.41) is 0. The summed E-state index contributed by atoms with van der Waals surface area (Å²) in [6.45, 7) is 5.25. The molecule has 0 amide bonds. The van der Waals surface area contributed by atoms with Crippen molar-refractivity contribution in [2.24, 2.45) is 0 Å². The monoisotopic (exact) mass is 156 g/mol. The molecule has 0 unspecified atom stereocenters. The van der Waals surface area contributed by atoms with Gasteiger partial charge in [-0.1, -0.05) is 6.08 Å². The zero-order valence-corrected chi connectivity index (χ0v) is 5.11. The van der Waals surface area contributed by atoms with Gasteiger partial charge in [0, 0.05) is 0 Å². The van der Waals surface area contributed by atoms with E-state index in [1.54, 1.807) is 6.08 Å². The Kier molecular flexibility index (Phi) is 52.4. The zero-order chi connectivity index (χ0) is 4.71. The van der Waals surface area contributed by atoms with Crippen molar-refractivity contribution in [1.29, 1.82) is 0 Å². The van der Waals surface area contributed by atoms with Gasteiger partial charge < -0.3 is 0 Å². The molecule has 0 aromatic heterocycles. The van der Waals surface area contributed by atoms with Gasteiger partial charge in [-0.25, -0.2) is 0 Å². The molecule has 0 aliphatic rings. The Morgan fingerprint density at radius 1 is 1.80 bits per heavy atom. The molecule has 0 aromatic rings. The molecule has 0 rings (SSSR count). The molecule has 0 heterocycles. The normalized spacial score (nSPS) is 3.40. The van der Waals surface area contributed by atoms with E-state index >= 15 is 0 Å². The first-order valence-corrected chi connectivity index (χ1v) is 1.97. The second-order valence-electron chi connectivity index (χ2n) is 0.408. The van der Waals surface area contributed by atoms with E-state index in [0.717, 1.165) is 0 Å². The van der Waals surface area contributed by atoms with Crippen molar-refractivity contribution >= 4 is 0 Å². The molecule has 2 heteroatoms. The molecule has 0 radical (unpaired) electrons. The molecule has 0 fully saturated rings. The maximum absolute atomic E-state index is 8.26. The third-order valence-electron chi connectivity index (χ3n) is 0. The van der Waals surface area contributed by atoms with E-state index in [1.807, 2.05) is 6.92 Å². The van der Waals surface area contributed by atoms with Gasteiger partial charge in [0.2, 0.25) is 0 Å². The number of hydrogen-bond acceptors (Lipinski definition) is 1. The van der Waals surface area contributed by atoms with E-state index in [-0.39, 0.29) is 0 Å². The molecule has 0 aliphatic carbocycles. The Labute approximate surface area is 43.3 Å². The van der Waals surface area contributed by atoms with Crippen LogP contribution in [0.2, 0.25) is 0 Å². The van der Waals surface area contributed by atoms with E-state index in [1.165, 1.54) is 0 Å². The SMILES string of the molecule is C=CC.[O]=[Mo]. The Morgan fingerprint density at radius 2 is 1.80 bits per heavy atom. The summed E-state index contributed by atoms with van der Waals surface area (Å²) in [5.41, 5.74) is 0. The van der Waals surface area contributed by atoms with Crippen LogP contribution in [-0.4, -0.2) is 0 Å². The van der Waals surface area contributed by atoms with Crippen molar-refractivity contribution < 1.29 is 23.2 Å². The number of allylic oxidation sites excluding steroid dienone is 1. The Hall–Kier alpha value is 0.228. The number of hydrogen-bond donors (Lipinski definition) is 0. The molecule has 30 valence electrons. The average molecular weight is 154 g/mol. The van der Waals surface area contributed by atoms with Crippen molar-refractivity contribution in [3.8, 4) is 0 Å². The average Bonchev–Trinajstić information content (AvgIpc) is 1.46. The molecule has 5 heavy (non-hydrogen) atoms. The van der Waals surface area contributed by atoms with Crippen molar-refractivity contribution in [2.75, 3.05) is 0 Å². The van der Waals surface area contributed by atoms with Crippen molar-refractivity contribution in [3.63, 3.8) is 0 Å². The fourth-order valence-electron chi connectivity index (χ4n) is 0. The van der Waals surface area contributed by atoms with Gasteiger partial charge in [0.1, 0.15) is 0 Å². The van der Waals surface area contributed by atoms with Gasteiger partial charge in [-0.2, -0.15) is 0 Å². The third-order valence-corrected chi connectivity index (χ3v) is 0. The van der Waals surface area contributed by atoms with Gasteiger partial charge in [-0.3, -0.25) is 0 Å².